The van der Waals surface area contributed by atoms with Crippen LogP contribution in [0.1, 0.15) is 22.3 Å². The van der Waals surface area contributed by atoms with E-state index in [0.29, 0.717) is 34.9 Å². The zero-order chi connectivity index (χ0) is 27.4. The van der Waals surface area contributed by atoms with Gasteiger partial charge in [-0.3, -0.25) is 0 Å². The summed E-state index contributed by atoms with van der Waals surface area (Å²) < 4.78 is 101. The average molecular weight is 541 g/mol. The van der Waals surface area contributed by atoms with E-state index in [-0.39, 0.29) is 21.8 Å². The summed E-state index contributed by atoms with van der Waals surface area (Å²) in [7, 11) is 1.38. The van der Waals surface area contributed by atoms with Crippen molar-refractivity contribution in [1.82, 2.24) is 0 Å². The fourth-order valence-electron chi connectivity index (χ4n) is 3.58. The van der Waals surface area contributed by atoms with Crippen molar-refractivity contribution in [3.8, 4) is 23.0 Å². The molecule has 0 heterocycles. The minimum absolute atomic E-state index is 0.178. The van der Waals surface area contributed by atoms with E-state index in [1.165, 1.54) is 46.6 Å². The Morgan fingerprint density at radius 2 is 1.35 bits per heavy atom. The van der Waals surface area contributed by atoms with Crippen molar-refractivity contribution in [2.24, 2.45) is 0 Å². The van der Waals surface area contributed by atoms with Gasteiger partial charge in [-0.2, -0.15) is 13.2 Å². The Hall–Kier alpha value is -3.73. The predicted molar refractivity (Wildman–Crippen MR) is 130 cm³/mol. The molecule has 0 aliphatic carbocycles. The summed E-state index contributed by atoms with van der Waals surface area (Å²) in [4.78, 5) is -0.373. The predicted octanol–water partition coefficient (Wildman–Crippen LogP) is 6.02. The van der Waals surface area contributed by atoms with Crippen LogP contribution in [0, 0.1) is 5.82 Å². The maximum Gasteiger partial charge on any atom is 0.416 e. The van der Waals surface area contributed by atoms with Gasteiger partial charge in [0.05, 0.1) is 44.7 Å². The van der Waals surface area contributed by atoms with Gasteiger partial charge in [-0.05, 0) is 53.6 Å². The summed E-state index contributed by atoms with van der Waals surface area (Å²) >= 11 is 0. The maximum absolute atomic E-state index is 15.2. The highest BCUT2D eigenvalue weighted by Gasteiger charge is 2.31. The molecule has 0 aromatic heterocycles. The lowest BCUT2D eigenvalue weighted by Gasteiger charge is -2.14. The number of sulfone groups is 1. The van der Waals surface area contributed by atoms with E-state index in [2.05, 4.69) is 0 Å². The number of rotatable bonds is 9. The standard InChI is InChI=1S/C26H24F4O6S/c1-33-21-12-7-17(6-5-16-13-22(34-2)25(36-4)23(14-16)35-3)20(24(21)27)15-37(31,32)19-10-8-18(9-11-19)26(28,29)30/h5-14H,15H2,1-4H3/b6-5-. The first-order chi connectivity index (χ1) is 17.4. The van der Waals surface area contributed by atoms with E-state index in [0.717, 1.165) is 12.1 Å². The van der Waals surface area contributed by atoms with Crippen molar-refractivity contribution in [2.75, 3.05) is 28.4 Å². The fraction of sp³-hybridized carbons (Fsp3) is 0.231. The van der Waals surface area contributed by atoms with E-state index in [9.17, 15) is 21.6 Å². The minimum Gasteiger partial charge on any atom is -0.494 e. The van der Waals surface area contributed by atoms with E-state index < -0.39 is 33.1 Å². The fourth-order valence-corrected chi connectivity index (χ4v) is 4.97. The van der Waals surface area contributed by atoms with Gasteiger partial charge in [-0.15, -0.1) is 0 Å². The van der Waals surface area contributed by atoms with Crippen molar-refractivity contribution in [2.45, 2.75) is 16.8 Å². The molecule has 3 aromatic rings. The quantitative estimate of drug-likeness (QED) is 0.244. The first-order valence-corrected chi connectivity index (χ1v) is 12.3. The monoisotopic (exact) mass is 540 g/mol. The van der Waals surface area contributed by atoms with Crippen molar-refractivity contribution in [3.63, 3.8) is 0 Å². The summed E-state index contributed by atoms with van der Waals surface area (Å²) in [6, 6.07) is 9.16. The lowest BCUT2D eigenvalue weighted by atomic mass is 10.1. The van der Waals surface area contributed by atoms with Gasteiger partial charge in [0.25, 0.3) is 0 Å². The highest BCUT2D eigenvalue weighted by molar-refractivity contribution is 7.90. The Morgan fingerprint density at radius 3 is 1.84 bits per heavy atom. The topological polar surface area (TPSA) is 71.1 Å². The summed E-state index contributed by atoms with van der Waals surface area (Å²) in [5.74, 6) is -0.746. The summed E-state index contributed by atoms with van der Waals surface area (Å²) in [5, 5.41) is 0. The molecule has 0 radical (unpaired) electrons. The molecule has 3 rings (SSSR count). The molecule has 0 aliphatic heterocycles. The number of benzene rings is 3. The third-order valence-corrected chi connectivity index (χ3v) is 7.14. The lowest BCUT2D eigenvalue weighted by molar-refractivity contribution is -0.137. The number of hydrogen-bond acceptors (Lipinski definition) is 6. The molecule has 3 aromatic carbocycles. The van der Waals surface area contributed by atoms with E-state index in [1.54, 1.807) is 18.2 Å². The second kappa shape index (κ2) is 11.1. The second-order valence-electron chi connectivity index (χ2n) is 7.72. The SMILES string of the molecule is COc1ccc(/C=C\c2cc(OC)c(OC)c(OC)c2)c(CS(=O)(=O)c2ccc(C(F)(F)F)cc2)c1F. The molecule has 0 amide bonds. The number of alkyl halides is 3. The molecule has 11 heteroatoms. The number of hydrogen-bond donors (Lipinski definition) is 0. The van der Waals surface area contributed by atoms with Crippen LogP contribution in [0.5, 0.6) is 23.0 Å². The van der Waals surface area contributed by atoms with Gasteiger partial charge in [0, 0.05) is 5.56 Å². The molecule has 0 aliphatic rings. The van der Waals surface area contributed by atoms with Gasteiger partial charge < -0.3 is 18.9 Å². The Kier molecular flexibility index (Phi) is 8.37. The number of ether oxygens (including phenoxy) is 4. The van der Waals surface area contributed by atoms with Gasteiger partial charge in [0.2, 0.25) is 5.75 Å². The Labute approximate surface area is 212 Å². The Balaban J connectivity index is 2.03. The van der Waals surface area contributed by atoms with Crippen LogP contribution in [0.2, 0.25) is 0 Å². The summed E-state index contributed by atoms with van der Waals surface area (Å²) in [6.45, 7) is 0. The van der Waals surface area contributed by atoms with Gasteiger partial charge in [-0.25, -0.2) is 12.8 Å². The third-order valence-electron chi connectivity index (χ3n) is 5.48. The first-order valence-electron chi connectivity index (χ1n) is 10.7. The van der Waals surface area contributed by atoms with E-state index in [1.807, 2.05) is 0 Å². The van der Waals surface area contributed by atoms with Gasteiger partial charge in [0.1, 0.15) is 0 Å². The van der Waals surface area contributed by atoms with E-state index >= 15 is 4.39 Å². The molecule has 0 bridgehead atoms. The molecule has 0 N–H and O–H groups in total. The van der Waals surface area contributed by atoms with Crippen LogP contribution in [0.4, 0.5) is 17.6 Å². The van der Waals surface area contributed by atoms with Gasteiger partial charge in [0.15, 0.2) is 32.9 Å². The van der Waals surface area contributed by atoms with Crippen molar-refractivity contribution >= 4 is 22.0 Å². The molecule has 0 saturated heterocycles. The van der Waals surface area contributed by atoms with Crippen LogP contribution < -0.4 is 18.9 Å². The van der Waals surface area contributed by atoms with Crippen LogP contribution >= 0.6 is 0 Å². The highest BCUT2D eigenvalue weighted by atomic mass is 32.2. The largest absolute Gasteiger partial charge is 0.494 e. The van der Waals surface area contributed by atoms with Crippen molar-refractivity contribution in [3.05, 3.63) is 76.6 Å². The zero-order valence-corrected chi connectivity index (χ0v) is 21.2. The molecule has 0 fully saturated rings. The Morgan fingerprint density at radius 1 is 0.784 bits per heavy atom. The number of methoxy groups -OCH3 is 4. The van der Waals surface area contributed by atoms with Crippen LogP contribution in [0.25, 0.3) is 12.2 Å². The van der Waals surface area contributed by atoms with Crippen LogP contribution in [-0.4, -0.2) is 36.9 Å². The second-order valence-corrected chi connectivity index (χ2v) is 9.71. The van der Waals surface area contributed by atoms with Crippen molar-refractivity contribution < 1.29 is 44.9 Å². The maximum atomic E-state index is 15.2. The van der Waals surface area contributed by atoms with Gasteiger partial charge in [-0.1, -0.05) is 18.2 Å². The van der Waals surface area contributed by atoms with E-state index in [4.69, 9.17) is 18.9 Å². The third kappa shape index (κ3) is 6.16. The molecular formula is C26H24F4O6S. The lowest BCUT2D eigenvalue weighted by Crippen LogP contribution is -2.10. The average Bonchev–Trinajstić information content (AvgIpc) is 2.87. The van der Waals surface area contributed by atoms with Crippen molar-refractivity contribution in [1.29, 1.82) is 0 Å². The van der Waals surface area contributed by atoms with Crippen LogP contribution in [0.15, 0.2) is 53.4 Å². The van der Waals surface area contributed by atoms with Crippen LogP contribution in [0.3, 0.4) is 0 Å². The summed E-state index contributed by atoms with van der Waals surface area (Å²) in [6.07, 6.45) is -1.52. The molecule has 0 saturated carbocycles. The number of halogens is 4. The normalized spacial score (nSPS) is 12.0. The highest BCUT2D eigenvalue weighted by Crippen LogP contribution is 2.39. The zero-order valence-electron chi connectivity index (χ0n) is 20.4. The molecular weight excluding hydrogens is 516 g/mol. The molecule has 6 nitrogen and oxygen atoms in total. The Bertz CT molecular complexity index is 1370. The first kappa shape index (κ1) is 27.9. The smallest absolute Gasteiger partial charge is 0.416 e. The molecule has 0 unspecified atom stereocenters. The molecule has 37 heavy (non-hydrogen) atoms. The summed E-state index contributed by atoms with van der Waals surface area (Å²) in [5.41, 5.74) is -0.388. The van der Waals surface area contributed by atoms with Gasteiger partial charge >= 0.3 is 6.18 Å². The van der Waals surface area contributed by atoms with Crippen LogP contribution in [-0.2, 0) is 21.8 Å². The molecule has 198 valence electrons. The molecule has 0 atom stereocenters. The minimum atomic E-state index is -4.62. The molecule has 0 spiro atoms.